The van der Waals surface area contributed by atoms with Gasteiger partial charge in [-0.15, -0.1) is 11.3 Å². The third kappa shape index (κ3) is 2.76. The number of fused-ring (bicyclic) bond motifs is 2. The smallest absolute Gasteiger partial charge is 0.244 e. The maximum absolute atomic E-state index is 12.6. The SMILES string of the molecule is O=C1CN(C(=O)CCc2nc3ccccc3s2)c2ccccc2N1. The summed E-state index contributed by atoms with van der Waals surface area (Å²) in [6, 6.07) is 15.3. The van der Waals surface area contributed by atoms with Gasteiger partial charge < -0.3 is 10.2 Å². The highest BCUT2D eigenvalue weighted by Gasteiger charge is 2.26. The van der Waals surface area contributed by atoms with E-state index < -0.39 is 0 Å². The standard InChI is InChI=1S/C18H15N3O2S/c22-16-11-21(14-7-3-1-5-12(14)19-16)18(23)10-9-17-20-13-6-2-4-8-15(13)24-17/h1-8H,9-11H2,(H,19,22). The van der Waals surface area contributed by atoms with E-state index in [1.807, 2.05) is 42.5 Å². The minimum Gasteiger partial charge on any atom is -0.323 e. The number of hydrogen-bond donors (Lipinski definition) is 1. The molecule has 1 aromatic heterocycles. The van der Waals surface area contributed by atoms with E-state index in [1.54, 1.807) is 22.3 Å². The van der Waals surface area contributed by atoms with Gasteiger partial charge in [-0.05, 0) is 24.3 Å². The molecule has 0 spiro atoms. The van der Waals surface area contributed by atoms with Crippen molar-refractivity contribution in [3.05, 3.63) is 53.5 Å². The number of aromatic nitrogens is 1. The first kappa shape index (κ1) is 14.8. The summed E-state index contributed by atoms with van der Waals surface area (Å²) in [5, 5.41) is 3.74. The highest BCUT2D eigenvalue weighted by molar-refractivity contribution is 7.18. The molecule has 0 saturated heterocycles. The summed E-state index contributed by atoms with van der Waals surface area (Å²) in [7, 11) is 0. The first-order valence-electron chi connectivity index (χ1n) is 7.74. The highest BCUT2D eigenvalue weighted by Crippen LogP contribution is 2.30. The summed E-state index contributed by atoms with van der Waals surface area (Å²) >= 11 is 1.61. The van der Waals surface area contributed by atoms with Crippen LogP contribution in [0.15, 0.2) is 48.5 Å². The Morgan fingerprint density at radius 3 is 2.83 bits per heavy atom. The Hall–Kier alpha value is -2.73. The second-order valence-corrected chi connectivity index (χ2v) is 6.74. The van der Waals surface area contributed by atoms with E-state index >= 15 is 0 Å². The number of nitrogens with zero attached hydrogens (tertiary/aromatic N) is 2. The number of carbonyl (C=O) groups excluding carboxylic acids is 2. The van der Waals surface area contributed by atoms with Crippen LogP contribution in [-0.2, 0) is 16.0 Å². The van der Waals surface area contributed by atoms with Gasteiger partial charge in [-0.25, -0.2) is 4.98 Å². The van der Waals surface area contributed by atoms with Crippen LogP contribution >= 0.6 is 11.3 Å². The predicted octanol–water partition coefficient (Wildman–Crippen LogP) is 3.21. The van der Waals surface area contributed by atoms with Gasteiger partial charge in [-0.3, -0.25) is 9.59 Å². The van der Waals surface area contributed by atoms with Crippen LogP contribution in [0, 0.1) is 0 Å². The van der Waals surface area contributed by atoms with Crippen molar-refractivity contribution in [1.82, 2.24) is 4.98 Å². The zero-order valence-electron chi connectivity index (χ0n) is 12.9. The Bertz CT molecular complexity index is 902. The lowest BCUT2D eigenvalue weighted by molar-refractivity contribution is -0.121. The Balaban J connectivity index is 1.51. The molecule has 2 amide bonds. The zero-order chi connectivity index (χ0) is 16.5. The molecule has 4 rings (SSSR count). The average Bonchev–Trinajstić information content (AvgIpc) is 3.02. The second kappa shape index (κ2) is 6.05. The number of rotatable bonds is 3. The van der Waals surface area contributed by atoms with Crippen LogP contribution in [0.2, 0.25) is 0 Å². The van der Waals surface area contributed by atoms with Crippen LogP contribution in [0.5, 0.6) is 0 Å². The van der Waals surface area contributed by atoms with Crippen LogP contribution in [-0.4, -0.2) is 23.3 Å². The molecule has 1 aliphatic rings. The van der Waals surface area contributed by atoms with Gasteiger partial charge in [0.1, 0.15) is 6.54 Å². The van der Waals surface area contributed by atoms with Crippen molar-refractivity contribution in [3.63, 3.8) is 0 Å². The Labute approximate surface area is 142 Å². The summed E-state index contributed by atoms with van der Waals surface area (Å²) in [6.07, 6.45) is 0.917. The Morgan fingerprint density at radius 1 is 1.17 bits per heavy atom. The summed E-state index contributed by atoms with van der Waals surface area (Å²) < 4.78 is 1.13. The van der Waals surface area contributed by atoms with Gasteiger partial charge in [0.2, 0.25) is 11.8 Å². The lowest BCUT2D eigenvalue weighted by Gasteiger charge is -2.29. The molecule has 1 N–H and O–H groups in total. The number of para-hydroxylation sites is 3. The van der Waals surface area contributed by atoms with Crippen molar-refractivity contribution in [2.45, 2.75) is 12.8 Å². The highest BCUT2D eigenvalue weighted by atomic mass is 32.1. The molecule has 0 saturated carbocycles. The minimum atomic E-state index is -0.165. The number of thiazole rings is 1. The zero-order valence-corrected chi connectivity index (χ0v) is 13.7. The van der Waals surface area contributed by atoms with E-state index in [4.69, 9.17) is 0 Å². The molecule has 120 valence electrons. The quantitative estimate of drug-likeness (QED) is 0.798. The molecular weight excluding hydrogens is 322 g/mol. The first-order valence-corrected chi connectivity index (χ1v) is 8.56. The number of anilines is 2. The van der Waals surface area contributed by atoms with Gasteiger partial charge in [-0.2, -0.15) is 0 Å². The molecule has 2 heterocycles. The van der Waals surface area contributed by atoms with E-state index in [9.17, 15) is 9.59 Å². The second-order valence-electron chi connectivity index (χ2n) is 5.62. The molecule has 0 radical (unpaired) electrons. The first-order chi connectivity index (χ1) is 11.7. The molecule has 1 aliphatic heterocycles. The molecule has 2 aromatic carbocycles. The molecule has 24 heavy (non-hydrogen) atoms. The van der Waals surface area contributed by atoms with Gasteiger partial charge in [0.05, 0.1) is 26.6 Å². The summed E-state index contributed by atoms with van der Waals surface area (Å²) in [5.74, 6) is -0.224. The fourth-order valence-electron chi connectivity index (χ4n) is 2.83. The van der Waals surface area contributed by atoms with Gasteiger partial charge in [0.15, 0.2) is 0 Å². The van der Waals surface area contributed by atoms with E-state index in [-0.39, 0.29) is 18.4 Å². The van der Waals surface area contributed by atoms with Gasteiger partial charge >= 0.3 is 0 Å². The number of amides is 2. The Morgan fingerprint density at radius 2 is 1.96 bits per heavy atom. The fraction of sp³-hybridized carbons (Fsp3) is 0.167. The topological polar surface area (TPSA) is 62.3 Å². The molecule has 0 unspecified atom stereocenters. The average molecular weight is 337 g/mol. The summed E-state index contributed by atoms with van der Waals surface area (Å²) in [5.41, 5.74) is 2.40. The predicted molar refractivity (Wildman–Crippen MR) is 95.4 cm³/mol. The van der Waals surface area contributed by atoms with Gasteiger partial charge in [-0.1, -0.05) is 24.3 Å². The number of nitrogens with one attached hydrogen (secondary N) is 1. The largest absolute Gasteiger partial charge is 0.323 e. The van der Waals surface area contributed by atoms with Crippen LogP contribution in [0.3, 0.4) is 0 Å². The number of benzene rings is 2. The van der Waals surface area contributed by atoms with Crippen molar-refractivity contribution in [3.8, 4) is 0 Å². The van der Waals surface area contributed by atoms with Crippen molar-refractivity contribution in [2.24, 2.45) is 0 Å². The van der Waals surface area contributed by atoms with E-state index in [0.717, 1.165) is 20.9 Å². The molecule has 0 fully saturated rings. The monoisotopic (exact) mass is 337 g/mol. The number of aryl methyl sites for hydroxylation is 1. The normalized spacial score (nSPS) is 13.7. The molecule has 0 atom stereocenters. The minimum absolute atomic E-state index is 0.0587. The molecule has 3 aromatic rings. The molecule has 6 heteroatoms. The Kier molecular flexibility index (Phi) is 3.74. The number of carbonyl (C=O) groups is 2. The van der Waals surface area contributed by atoms with E-state index in [0.29, 0.717) is 18.5 Å². The van der Waals surface area contributed by atoms with Crippen LogP contribution < -0.4 is 10.2 Å². The number of hydrogen-bond acceptors (Lipinski definition) is 4. The van der Waals surface area contributed by atoms with Gasteiger partial charge in [0, 0.05) is 12.8 Å². The lowest BCUT2D eigenvalue weighted by Crippen LogP contribution is -2.42. The van der Waals surface area contributed by atoms with E-state index in [2.05, 4.69) is 10.3 Å². The summed E-state index contributed by atoms with van der Waals surface area (Å²) in [6.45, 7) is 0.0652. The van der Waals surface area contributed by atoms with Gasteiger partial charge in [0.25, 0.3) is 0 Å². The van der Waals surface area contributed by atoms with Crippen molar-refractivity contribution < 1.29 is 9.59 Å². The fourth-order valence-corrected chi connectivity index (χ4v) is 3.80. The summed E-state index contributed by atoms with van der Waals surface area (Å²) in [4.78, 5) is 30.5. The molecule has 0 aliphatic carbocycles. The third-order valence-corrected chi connectivity index (χ3v) is 5.06. The van der Waals surface area contributed by atoms with Crippen LogP contribution in [0.1, 0.15) is 11.4 Å². The van der Waals surface area contributed by atoms with Crippen LogP contribution in [0.25, 0.3) is 10.2 Å². The van der Waals surface area contributed by atoms with Crippen LogP contribution in [0.4, 0.5) is 11.4 Å². The molecular formula is C18H15N3O2S. The molecule has 0 bridgehead atoms. The lowest BCUT2D eigenvalue weighted by atomic mass is 10.1. The molecule has 5 nitrogen and oxygen atoms in total. The van der Waals surface area contributed by atoms with Crippen molar-refractivity contribution in [1.29, 1.82) is 0 Å². The third-order valence-electron chi connectivity index (χ3n) is 3.96. The maximum Gasteiger partial charge on any atom is 0.244 e. The van der Waals surface area contributed by atoms with Crippen molar-refractivity contribution >= 4 is 44.7 Å². The van der Waals surface area contributed by atoms with Crippen molar-refractivity contribution in [2.75, 3.05) is 16.8 Å². The van der Waals surface area contributed by atoms with E-state index in [1.165, 1.54) is 0 Å². The maximum atomic E-state index is 12.6.